The van der Waals surface area contributed by atoms with E-state index < -0.39 is 0 Å². The molecule has 6 heteroatoms. The van der Waals surface area contributed by atoms with Crippen LogP contribution in [0.25, 0.3) is 0 Å². The molecule has 4 nitrogen and oxygen atoms in total. The van der Waals surface area contributed by atoms with E-state index in [4.69, 9.17) is 17.3 Å². The minimum absolute atomic E-state index is 0.0404. The number of hydrogen-bond acceptors (Lipinski definition) is 4. The summed E-state index contributed by atoms with van der Waals surface area (Å²) < 4.78 is 0.794. The largest absolute Gasteiger partial charge is 0.340 e. The summed E-state index contributed by atoms with van der Waals surface area (Å²) in [5.41, 5.74) is 6.14. The lowest BCUT2D eigenvalue weighted by molar-refractivity contribution is -0.130. The van der Waals surface area contributed by atoms with Crippen molar-refractivity contribution in [2.24, 2.45) is 5.73 Å². The molecule has 0 bridgehead atoms. The lowest BCUT2D eigenvalue weighted by atomic mass is 10.1. The number of carbonyl (C=O) groups excluding carboxylic acids is 1. The predicted octanol–water partition coefficient (Wildman–Crippen LogP) is 1.95. The van der Waals surface area contributed by atoms with Crippen molar-refractivity contribution < 1.29 is 4.79 Å². The molecule has 0 aromatic carbocycles. The Morgan fingerprint density at radius 2 is 2.00 bits per heavy atom. The first-order valence-electron chi connectivity index (χ1n) is 6.49. The highest BCUT2D eigenvalue weighted by Gasteiger charge is 2.29. The molecular weight excluding hydrogens is 282 g/mol. The maximum atomic E-state index is 11.3. The van der Waals surface area contributed by atoms with Gasteiger partial charge in [0.25, 0.3) is 0 Å². The van der Waals surface area contributed by atoms with E-state index in [9.17, 15) is 4.79 Å². The van der Waals surface area contributed by atoms with E-state index in [2.05, 4.69) is 11.0 Å². The molecule has 2 atom stereocenters. The van der Waals surface area contributed by atoms with E-state index in [-0.39, 0.29) is 18.0 Å². The second-order valence-electron chi connectivity index (χ2n) is 4.99. The van der Waals surface area contributed by atoms with Gasteiger partial charge in [-0.3, -0.25) is 9.69 Å². The van der Waals surface area contributed by atoms with Crippen LogP contribution in [0.2, 0.25) is 4.34 Å². The monoisotopic (exact) mass is 301 g/mol. The molecule has 1 aliphatic heterocycles. The van der Waals surface area contributed by atoms with Gasteiger partial charge in [-0.25, -0.2) is 0 Å². The van der Waals surface area contributed by atoms with Gasteiger partial charge in [0.2, 0.25) is 5.91 Å². The fraction of sp³-hybridized carbons (Fsp3) is 0.615. The number of halogens is 1. The third-order valence-electron chi connectivity index (χ3n) is 3.54. The van der Waals surface area contributed by atoms with Crippen molar-refractivity contribution in [1.29, 1.82) is 0 Å². The standard InChI is InChI=1S/C13H20ClN3OS/c1-9(15)13(11-3-4-12(14)19-11)17-7-5-16(6-8-17)10(2)18/h3-4,9,13H,5-8,15H2,1-2H3. The summed E-state index contributed by atoms with van der Waals surface area (Å²) in [5, 5.41) is 0. The molecule has 2 N–H and O–H groups in total. The van der Waals surface area contributed by atoms with Gasteiger partial charge in [0.05, 0.1) is 10.4 Å². The zero-order valence-electron chi connectivity index (χ0n) is 11.3. The van der Waals surface area contributed by atoms with Gasteiger partial charge in [-0.2, -0.15) is 0 Å². The Hall–Kier alpha value is -0.620. The molecule has 1 amide bonds. The lowest BCUT2D eigenvalue weighted by Crippen LogP contribution is -2.51. The van der Waals surface area contributed by atoms with E-state index in [1.54, 1.807) is 18.3 Å². The average molecular weight is 302 g/mol. The maximum Gasteiger partial charge on any atom is 0.219 e. The minimum Gasteiger partial charge on any atom is -0.340 e. The second kappa shape index (κ2) is 6.22. The number of piperazine rings is 1. The molecule has 2 heterocycles. The summed E-state index contributed by atoms with van der Waals surface area (Å²) in [7, 11) is 0. The van der Waals surface area contributed by atoms with Crippen LogP contribution in [0.3, 0.4) is 0 Å². The molecular formula is C13H20ClN3OS. The van der Waals surface area contributed by atoms with Crippen molar-refractivity contribution in [3.8, 4) is 0 Å². The number of nitrogens with zero attached hydrogens (tertiary/aromatic N) is 2. The summed E-state index contributed by atoms with van der Waals surface area (Å²) in [6, 6.07) is 4.20. The summed E-state index contributed by atoms with van der Waals surface area (Å²) in [6.07, 6.45) is 0. The van der Waals surface area contributed by atoms with Gasteiger partial charge in [-0.1, -0.05) is 11.6 Å². The fourth-order valence-corrected chi connectivity index (χ4v) is 3.89. The highest BCUT2D eigenvalue weighted by atomic mass is 35.5. The molecule has 1 aliphatic rings. The molecule has 1 aromatic rings. The van der Waals surface area contributed by atoms with Crippen LogP contribution >= 0.6 is 22.9 Å². The van der Waals surface area contributed by atoms with Crippen molar-refractivity contribution in [3.63, 3.8) is 0 Å². The number of thiophene rings is 1. The molecule has 19 heavy (non-hydrogen) atoms. The highest BCUT2D eigenvalue weighted by Crippen LogP contribution is 2.32. The van der Waals surface area contributed by atoms with Gasteiger partial charge in [0.1, 0.15) is 0 Å². The van der Waals surface area contributed by atoms with Crippen LogP contribution < -0.4 is 5.73 Å². The van der Waals surface area contributed by atoms with E-state index in [1.165, 1.54) is 4.88 Å². The van der Waals surface area contributed by atoms with Crippen LogP contribution in [0, 0.1) is 0 Å². The summed E-state index contributed by atoms with van der Waals surface area (Å²) in [5.74, 6) is 0.149. The van der Waals surface area contributed by atoms with Gasteiger partial charge in [0, 0.05) is 44.0 Å². The molecule has 106 valence electrons. The number of rotatable bonds is 3. The van der Waals surface area contributed by atoms with Crippen molar-refractivity contribution >= 4 is 28.8 Å². The molecule has 1 saturated heterocycles. The third-order valence-corrected chi connectivity index (χ3v) is 4.84. The molecule has 0 radical (unpaired) electrons. The van der Waals surface area contributed by atoms with E-state index in [0.29, 0.717) is 0 Å². The quantitative estimate of drug-likeness (QED) is 0.928. The minimum atomic E-state index is 0.0404. The molecule has 1 aromatic heterocycles. The number of hydrogen-bond donors (Lipinski definition) is 1. The molecule has 2 rings (SSSR count). The van der Waals surface area contributed by atoms with Crippen LogP contribution in [-0.2, 0) is 4.79 Å². The maximum absolute atomic E-state index is 11.3. The Balaban J connectivity index is 2.07. The third kappa shape index (κ3) is 3.48. The second-order valence-corrected chi connectivity index (χ2v) is 6.73. The van der Waals surface area contributed by atoms with Crippen LogP contribution in [0.5, 0.6) is 0 Å². The number of amides is 1. The van der Waals surface area contributed by atoms with Gasteiger partial charge in [0.15, 0.2) is 0 Å². The van der Waals surface area contributed by atoms with Crippen molar-refractivity contribution in [2.45, 2.75) is 25.9 Å². The number of nitrogens with two attached hydrogens (primary N) is 1. The molecule has 0 spiro atoms. The fourth-order valence-electron chi connectivity index (χ4n) is 2.57. The van der Waals surface area contributed by atoms with Gasteiger partial charge >= 0.3 is 0 Å². The molecule has 2 unspecified atom stereocenters. The Bertz CT molecular complexity index is 441. The lowest BCUT2D eigenvalue weighted by Gasteiger charge is -2.40. The Morgan fingerprint density at radius 1 is 1.37 bits per heavy atom. The molecule has 0 aliphatic carbocycles. The van der Waals surface area contributed by atoms with Crippen LogP contribution in [-0.4, -0.2) is 47.9 Å². The average Bonchev–Trinajstić information content (AvgIpc) is 2.76. The van der Waals surface area contributed by atoms with E-state index >= 15 is 0 Å². The van der Waals surface area contributed by atoms with Crippen molar-refractivity contribution in [3.05, 3.63) is 21.3 Å². The zero-order valence-corrected chi connectivity index (χ0v) is 12.9. The zero-order chi connectivity index (χ0) is 14.0. The van der Waals surface area contributed by atoms with Crippen molar-refractivity contribution in [2.75, 3.05) is 26.2 Å². The van der Waals surface area contributed by atoms with Gasteiger partial charge < -0.3 is 10.6 Å². The van der Waals surface area contributed by atoms with Crippen LogP contribution in [0.4, 0.5) is 0 Å². The summed E-state index contributed by atoms with van der Waals surface area (Å²) in [6.45, 7) is 6.92. The Labute approximate surface area is 123 Å². The SMILES string of the molecule is CC(=O)N1CCN(C(c2ccc(Cl)s2)C(C)N)CC1. The highest BCUT2D eigenvalue weighted by molar-refractivity contribution is 7.16. The Morgan fingerprint density at radius 3 is 2.42 bits per heavy atom. The molecule has 1 fully saturated rings. The first-order chi connectivity index (χ1) is 8.99. The Kier molecular flexibility index (Phi) is 4.84. The van der Waals surface area contributed by atoms with E-state index in [0.717, 1.165) is 30.5 Å². The predicted molar refractivity (Wildman–Crippen MR) is 79.5 cm³/mol. The first-order valence-corrected chi connectivity index (χ1v) is 7.69. The summed E-state index contributed by atoms with van der Waals surface area (Å²) in [4.78, 5) is 16.8. The first kappa shape index (κ1) is 14.8. The van der Waals surface area contributed by atoms with Gasteiger partial charge in [-0.05, 0) is 19.1 Å². The topological polar surface area (TPSA) is 49.6 Å². The smallest absolute Gasteiger partial charge is 0.219 e. The van der Waals surface area contributed by atoms with Gasteiger partial charge in [-0.15, -0.1) is 11.3 Å². The summed E-state index contributed by atoms with van der Waals surface area (Å²) >= 11 is 7.61. The van der Waals surface area contributed by atoms with E-state index in [1.807, 2.05) is 17.9 Å². The van der Waals surface area contributed by atoms with Crippen LogP contribution in [0.15, 0.2) is 12.1 Å². The normalized spacial score (nSPS) is 20.3. The molecule has 0 saturated carbocycles. The van der Waals surface area contributed by atoms with Crippen molar-refractivity contribution in [1.82, 2.24) is 9.80 Å². The van der Waals surface area contributed by atoms with Crippen LogP contribution in [0.1, 0.15) is 24.8 Å². The number of carbonyl (C=O) groups is 1.